The number of benzene rings is 2. The number of fused-ring (bicyclic) bond motifs is 1. The molecule has 0 N–H and O–H groups in total. The summed E-state index contributed by atoms with van der Waals surface area (Å²) in [4.78, 5) is 31.1. The normalized spacial score (nSPS) is 11.1. The van der Waals surface area contributed by atoms with Crippen LogP contribution in [0.4, 0.5) is 15.2 Å². The van der Waals surface area contributed by atoms with Crippen LogP contribution in [0.5, 0.6) is 0 Å². The third-order valence-corrected chi connectivity index (χ3v) is 5.17. The molecule has 7 nitrogen and oxygen atoms in total. The van der Waals surface area contributed by atoms with E-state index in [4.69, 9.17) is 0 Å². The van der Waals surface area contributed by atoms with Gasteiger partial charge in [-0.1, -0.05) is 11.3 Å². The van der Waals surface area contributed by atoms with Crippen LogP contribution in [-0.4, -0.2) is 47.9 Å². The van der Waals surface area contributed by atoms with Gasteiger partial charge in [0.2, 0.25) is 0 Å². The lowest BCUT2D eigenvalue weighted by Gasteiger charge is -2.20. The third kappa shape index (κ3) is 5.82. The number of halogens is 2. The van der Waals surface area contributed by atoms with E-state index < -0.39 is 4.92 Å². The Morgan fingerprint density at radius 3 is 2.53 bits per heavy atom. The molecular weight excluding hydrogens is 431 g/mol. The molecule has 0 aliphatic rings. The number of nitrogens with zero attached hydrogens (tertiary/aromatic N) is 4. The number of rotatable bonds is 7. The van der Waals surface area contributed by atoms with E-state index in [0.717, 1.165) is 0 Å². The predicted octanol–water partition coefficient (Wildman–Crippen LogP) is 4.37. The number of nitro groups is 1. The van der Waals surface area contributed by atoms with Crippen LogP contribution in [0.15, 0.2) is 48.5 Å². The molecule has 2 aromatic carbocycles. The van der Waals surface area contributed by atoms with Gasteiger partial charge in [-0.15, -0.1) is 12.4 Å². The minimum atomic E-state index is -0.475. The van der Waals surface area contributed by atoms with Crippen LogP contribution >= 0.6 is 23.7 Å². The van der Waals surface area contributed by atoms with Crippen molar-refractivity contribution in [3.63, 3.8) is 0 Å². The number of anilines is 1. The molecule has 30 heavy (non-hydrogen) atoms. The zero-order chi connectivity index (χ0) is 21.0. The van der Waals surface area contributed by atoms with Gasteiger partial charge >= 0.3 is 0 Å². The Morgan fingerprint density at radius 2 is 1.90 bits per heavy atom. The van der Waals surface area contributed by atoms with Crippen molar-refractivity contribution in [1.29, 1.82) is 0 Å². The van der Waals surface area contributed by atoms with Crippen molar-refractivity contribution in [2.75, 3.05) is 32.1 Å². The lowest BCUT2D eigenvalue weighted by molar-refractivity contribution is -0.384. The summed E-state index contributed by atoms with van der Waals surface area (Å²) < 4.78 is 14.2. The van der Waals surface area contributed by atoms with Crippen LogP contribution in [0, 0.1) is 15.9 Å². The quantitative estimate of drug-likeness (QED) is 0.303. The molecule has 0 fully saturated rings. The molecule has 158 valence electrons. The molecule has 0 aliphatic heterocycles. The van der Waals surface area contributed by atoms with Crippen LogP contribution in [0.1, 0.15) is 5.56 Å². The fourth-order valence-electron chi connectivity index (χ4n) is 2.57. The van der Waals surface area contributed by atoms with Crippen LogP contribution in [0.3, 0.4) is 0 Å². The molecule has 0 bridgehead atoms. The minimum absolute atomic E-state index is 0. The maximum absolute atomic E-state index is 13.5. The summed E-state index contributed by atoms with van der Waals surface area (Å²) >= 11 is 1.25. The van der Waals surface area contributed by atoms with E-state index in [0.29, 0.717) is 34.0 Å². The fraction of sp³-hybridized carbons (Fsp3) is 0.200. The summed E-state index contributed by atoms with van der Waals surface area (Å²) in [7, 11) is 3.81. The summed E-state index contributed by atoms with van der Waals surface area (Å²) in [5, 5.41) is 11.2. The molecule has 0 saturated heterocycles. The number of amides is 1. The number of thiazole rings is 1. The molecule has 0 atom stereocenters. The molecule has 0 spiro atoms. The van der Waals surface area contributed by atoms with Crippen LogP contribution in [0.2, 0.25) is 0 Å². The van der Waals surface area contributed by atoms with Crippen molar-refractivity contribution < 1.29 is 14.1 Å². The first-order valence-electron chi connectivity index (χ1n) is 8.78. The maximum Gasteiger partial charge on any atom is 0.269 e. The van der Waals surface area contributed by atoms with E-state index in [1.54, 1.807) is 29.2 Å². The predicted molar refractivity (Wildman–Crippen MR) is 120 cm³/mol. The SMILES string of the molecule is CN(C)CCN(C(=O)C=Cc1ccc([N+](=O)[O-])cc1)c1nc2ccc(F)cc2s1.Cl. The smallest absolute Gasteiger partial charge is 0.269 e. The third-order valence-electron chi connectivity index (χ3n) is 4.13. The van der Waals surface area contributed by atoms with Gasteiger partial charge in [0.15, 0.2) is 5.13 Å². The summed E-state index contributed by atoms with van der Waals surface area (Å²) in [6.45, 7) is 1.04. The summed E-state index contributed by atoms with van der Waals surface area (Å²) in [6, 6.07) is 10.3. The highest BCUT2D eigenvalue weighted by Gasteiger charge is 2.18. The summed E-state index contributed by atoms with van der Waals surface area (Å²) in [5.41, 5.74) is 1.29. The van der Waals surface area contributed by atoms with Crippen molar-refractivity contribution in [1.82, 2.24) is 9.88 Å². The molecule has 0 aliphatic carbocycles. The van der Waals surface area contributed by atoms with E-state index in [-0.39, 0.29) is 29.8 Å². The molecule has 0 radical (unpaired) electrons. The first-order chi connectivity index (χ1) is 13.8. The maximum atomic E-state index is 13.5. The van der Waals surface area contributed by atoms with Crippen molar-refractivity contribution in [2.45, 2.75) is 0 Å². The molecule has 10 heteroatoms. The van der Waals surface area contributed by atoms with E-state index >= 15 is 0 Å². The van der Waals surface area contributed by atoms with E-state index in [1.807, 2.05) is 19.0 Å². The number of hydrogen-bond donors (Lipinski definition) is 0. The molecule has 3 rings (SSSR count). The van der Waals surface area contributed by atoms with Gasteiger partial charge in [-0.3, -0.25) is 19.8 Å². The Kier molecular flexibility index (Phi) is 7.99. The Hall–Kier alpha value is -2.88. The number of nitro benzene ring substituents is 1. The lowest BCUT2D eigenvalue weighted by atomic mass is 10.2. The standard InChI is InChI=1S/C20H19FN4O3S.ClH/c1-23(2)11-12-24(20-22-17-9-6-15(21)13-18(17)29-20)19(26)10-5-14-3-7-16(8-4-14)25(27)28;/h3-10,13H,11-12H2,1-2H3;1H. The Morgan fingerprint density at radius 1 is 1.20 bits per heavy atom. The first-order valence-corrected chi connectivity index (χ1v) is 9.60. The average molecular weight is 451 g/mol. The van der Waals surface area contributed by atoms with Gasteiger partial charge in [-0.25, -0.2) is 9.37 Å². The second kappa shape index (κ2) is 10.2. The number of non-ortho nitro benzene ring substituents is 1. The number of likely N-dealkylation sites (N-methyl/N-ethyl adjacent to an activating group) is 1. The number of carbonyl (C=O) groups excluding carboxylic acids is 1. The van der Waals surface area contributed by atoms with Crippen LogP contribution < -0.4 is 4.90 Å². The topological polar surface area (TPSA) is 79.6 Å². The molecule has 1 heterocycles. The highest BCUT2D eigenvalue weighted by Crippen LogP contribution is 2.29. The zero-order valence-corrected chi connectivity index (χ0v) is 18.0. The van der Waals surface area contributed by atoms with E-state index in [2.05, 4.69) is 4.98 Å². The largest absolute Gasteiger partial charge is 0.308 e. The van der Waals surface area contributed by atoms with Crippen molar-refractivity contribution >= 4 is 56.8 Å². The zero-order valence-electron chi connectivity index (χ0n) is 16.3. The first kappa shape index (κ1) is 23.4. The molecule has 3 aromatic rings. The van der Waals surface area contributed by atoms with E-state index in [1.165, 1.54) is 41.7 Å². The summed E-state index contributed by atoms with van der Waals surface area (Å²) in [6.07, 6.45) is 3.01. The van der Waals surface area contributed by atoms with Gasteiger partial charge in [0.1, 0.15) is 5.82 Å². The molecular formula is C20H20ClFN4O3S. The average Bonchev–Trinajstić information content (AvgIpc) is 3.09. The molecule has 0 unspecified atom stereocenters. The number of hydrogen-bond acceptors (Lipinski definition) is 6. The van der Waals surface area contributed by atoms with Gasteiger partial charge in [0, 0.05) is 31.3 Å². The van der Waals surface area contributed by atoms with Crippen molar-refractivity contribution in [3.8, 4) is 0 Å². The second-order valence-electron chi connectivity index (χ2n) is 6.58. The van der Waals surface area contributed by atoms with Crippen molar-refractivity contribution in [3.05, 3.63) is 70.0 Å². The number of carbonyl (C=O) groups is 1. The van der Waals surface area contributed by atoms with Crippen LogP contribution in [-0.2, 0) is 4.79 Å². The number of aromatic nitrogens is 1. The fourth-order valence-corrected chi connectivity index (χ4v) is 3.59. The van der Waals surface area contributed by atoms with Gasteiger partial charge in [0.05, 0.1) is 15.1 Å². The Balaban J connectivity index is 0.00000320. The van der Waals surface area contributed by atoms with Crippen molar-refractivity contribution in [2.24, 2.45) is 0 Å². The monoisotopic (exact) mass is 450 g/mol. The van der Waals surface area contributed by atoms with Gasteiger partial charge in [-0.05, 0) is 56.1 Å². The lowest BCUT2D eigenvalue weighted by Crippen LogP contribution is -2.35. The minimum Gasteiger partial charge on any atom is -0.308 e. The Labute approximate surface area is 183 Å². The second-order valence-corrected chi connectivity index (χ2v) is 7.59. The van der Waals surface area contributed by atoms with E-state index in [9.17, 15) is 19.3 Å². The highest BCUT2D eigenvalue weighted by molar-refractivity contribution is 7.22. The van der Waals surface area contributed by atoms with Crippen LogP contribution in [0.25, 0.3) is 16.3 Å². The van der Waals surface area contributed by atoms with Gasteiger partial charge in [-0.2, -0.15) is 0 Å². The molecule has 1 amide bonds. The molecule has 1 aromatic heterocycles. The highest BCUT2D eigenvalue weighted by atomic mass is 35.5. The van der Waals surface area contributed by atoms with Gasteiger partial charge in [0.25, 0.3) is 11.6 Å². The Bertz CT molecular complexity index is 1070. The van der Waals surface area contributed by atoms with Gasteiger partial charge < -0.3 is 4.90 Å². The molecule has 0 saturated carbocycles. The summed E-state index contributed by atoms with van der Waals surface area (Å²) in [5.74, 6) is -0.623.